The van der Waals surface area contributed by atoms with E-state index in [0.717, 1.165) is 11.3 Å². The predicted octanol–water partition coefficient (Wildman–Crippen LogP) is 4.53. The van der Waals surface area contributed by atoms with Crippen LogP contribution in [0.25, 0.3) is 11.0 Å². The Balaban J connectivity index is 1.48. The Morgan fingerprint density at radius 1 is 0.943 bits per heavy atom. The number of pyridine rings is 2. The van der Waals surface area contributed by atoms with Gasteiger partial charge in [-0.15, -0.1) is 0 Å². The minimum Gasteiger partial charge on any atom is -0.497 e. The summed E-state index contributed by atoms with van der Waals surface area (Å²) in [6, 6.07) is 17.2. The molecule has 9 nitrogen and oxygen atoms in total. The van der Waals surface area contributed by atoms with E-state index in [9.17, 15) is 9.59 Å². The minimum atomic E-state index is -0.476. The number of benzene rings is 2. The van der Waals surface area contributed by atoms with Gasteiger partial charge in [-0.1, -0.05) is 12.1 Å². The fourth-order valence-corrected chi connectivity index (χ4v) is 3.60. The zero-order valence-electron chi connectivity index (χ0n) is 19.6. The number of amides is 3. The van der Waals surface area contributed by atoms with Crippen LogP contribution in [0.3, 0.4) is 0 Å². The fourth-order valence-electron chi connectivity index (χ4n) is 3.60. The quantitative estimate of drug-likeness (QED) is 0.365. The maximum atomic E-state index is 12.9. The lowest BCUT2D eigenvalue weighted by Crippen LogP contribution is -2.24. The molecular weight excluding hydrogens is 446 g/mol. The highest BCUT2D eigenvalue weighted by Crippen LogP contribution is 2.24. The summed E-state index contributed by atoms with van der Waals surface area (Å²) in [5.74, 6) is 0.756. The molecule has 35 heavy (non-hydrogen) atoms. The van der Waals surface area contributed by atoms with Crippen molar-refractivity contribution in [3.05, 3.63) is 83.7 Å². The molecule has 9 heteroatoms. The third-order valence-corrected chi connectivity index (χ3v) is 5.23. The van der Waals surface area contributed by atoms with Crippen molar-refractivity contribution in [3.63, 3.8) is 0 Å². The van der Waals surface area contributed by atoms with Crippen LogP contribution in [0.4, 0.5) is 16.2 Å². The Morgan fingerprint density at radius 3 is 2.60 bits per heavy atom. The van der Waals surface area contributed by atoms with Crippen LogP contribution in [-0.2, 0) is 6.54 Å². The summed E-state index contributed by atoms with van der Waals surface area (Å²) in [6.07, 6.45) is 1.64. The summed E-state index contributed by atoms with van der Waals surface area (Å²) >= 11 is 0. The second kappa shape index (κ2) is 10.5. The van der Waals surface area contributed by atoms with E-state index < -0.39 is 6.03 Å². The van der Waals surface area contributed by atoms with Gasteiger partial charge in [-0.2, -0.15) is 0 Å². The molecule has 0 unspecified atom stereocenters. The van der Waals surface area contributed by atoms with Crippen molar-refractivity contribution < 1.29 is 19.1 Å². The molecule has 0 bridgehead atoms. The summed E-state index contributed by atoms with van der Waals surface area (Å²) in [6.45, 7) is 2.15. The monoisotopic (exact) mass is 471 g/mol. The molecule has 178 valence electrons. The zero-order chi connectivity index (χ0) is 24.8. The van der Waals surface area contributed by atoms with Gasteiger partial charge in [0.2, 0.25) is 0 Å². The van der Waals surface area contributed by atoms with Crippen molar-refractivity contribution >= 4 is 34.3 Å². The summed E-state index contributed by atoms with van der Waals surface area (Å²) in [4.78, 5) is 34.4. The van der Waals surface area contributed by atoms with Crippen molar-refractivity contribution in [1.82, 2.24) is 15.3 Å². The van der Waals surface area contributed by atoms with Gasteiger partial charge in [0.05, 0.1) is 31.0 Å². The SMILES string of the molecule is COc1cccc(CNC(=O)c2cc(NC(=O)Nc3cc(C)nc4cccnc34)ccc2OC)c1. The van der Waals surface area contributed by atoms with Crippen LogP contribution in [0.1, 0.15) is 21.6 Å². The van der Waals surface area contributed by atoms with Crippen LogP contribution in [0.15, 0.2) is 66.9 Å². The first kappa shape index (κ1) is 23.5. The lowest BCUT2D eigenvalue weighted by Gasteiger charge is -2.13. The summed E-state index contributed by atoms with van der Waals surface area (Å²) in [5.41, 5.74) is 4.16. The standard InChI is InChI=1S/C26H25N5O4/c1-16-12-22(24-21(29-16)8-5-11-27-24)31-26(33)30-18-9-10-23(35-3)20(14-18)25(32)28-15-17-6-4-7-19(13-17)34-2/h4-14H,15H2,1-3H3,(H,28,32)(H2,29,30,31,33). The largest absolute Gasteiger partial charge is 0.497 e. The number of aryl methyl sites for hydroxylation is 1. The maximum Gasteiger partial charge on any atom is 0.323 e. The molecule has 4 rings (SSSR count). The van der Waals surface area contributed by atoms with Crippen molar-refractivity contribution in [2.75, 3.05) is 24.9 Å². The average Bonchev–Trinajstić information content (AvgIpc) is 2.87. The fraction of sp³-hybridized carbons (Fsp3) is 0.154. The molecule has 3 N–H and O–H groups in total. The molecule has 0 aliphatic rings. The molecule has 2 heterocycles. The van der Waals surface area contributed by atoms with Crippen LogP contribution < -0.4 is 25.4 Å². The number of hydrogen-bond acceptors (Lipinski definition) is 6. The van der Waals surface area contributed by atoms with E-state index in [0.29, 0.717) is 46.0 Å². The number of hydrogen-bond donors (Lipinski definition) is 3. The molecule has 3 amide bonds. The van der Waals surface area contributed by atoms with E-state index in [2.05, 4.69) is 25.9 Å². The number of ether oxygens (including phenoxy) is 2. The molecule has 0 radical (unpaired) electrons. The summed E-state index contributed by atoms with van der Waals surface area (Å²) in [5, 5.41) is 8.44. The molecule has 0 spiro atoms. The second-order valence-electron chi connectivity index (χ2n) is 7.71. The third-order valence-electron chi connectivity index (χ3n) is 5.23. The van der Waals surface area contributed by atoms with Crippen molar-refractivity contribution in [2.24, 2.45) is 0 Å². The van der Waals surface area contributed by atoms with Gasteiger partial charge < -0.3 is 25.4 Å². The molecule has 0 atom stereocenters. The highest BCUT2D eigenvalue weighted by Gasteiger charge is 2.15. The molecule has 0 saturated heterocycles. The average molecular weight is 472 g/mol. The second-order valence-corrected chi connectivity index (χ2v) is 7.71. The Kier molecular flexibility index (Phi) is 7.06. The first-order chi connectivity index (χ1) is 17.0. The molecule has 0 aliphatic heterocycles. The Morgan fingerprint density at radius 2 is 1.80 bits per heavy atom. The number of fused-ring (bicyclic) bond motifs is 1. The molecule has 0 saturated carbocycles. The predicted molar refractivity (Wildman–Crippen MR) is 134 cm³/mol. The van der Waals surface area contributed by atoms with E-state index >= 15 is 0 Å². The van der Waals surface area contributed by atoms with Gasteiger partial charge in [-0.3, -0.25) is 14.8 Å². The number of urea groups is 1. The summed E-state index contributed by atoms with van der Waals surface area (Å²) in [7, 11) is 3.07. The molecule has 0 aliphatic carbocycles. The van der Waals surface area contributed by atoms with Crippen LogP contribution in [0.5, 0.6) is 11.5 Å². The normalized spacial score (nSPS) is 10.5. The number of nitrogens with one attached hydrogen (secondary N) is 3. The van der Waals surface area contributed by atoms with Crippen molar-refractivity contribution in [2.45, 2.75) is 13.5 Å². The Labute approximate surface area is 202 Å². The van der Waals surface area contributed by atoms with E-state index in [1.165, 1.54) is 7.11 Å². The minimum absolute atomic E-state index is 0.292. The summed E-state index contributed by atoms with van der Waals surface area (Å²) < 4.78 is 10.6. The van der Waals surface area contributed by atoms with Crippen LogP contribution >= 0.6 is 0 Å². The van der Waals surface area contributed by atoms with Crippen molar-refractivity contribution in [3.8, 4) is 11.5 Å². The highest BCUT2D eigenvalue weighted by molar-refractivity contribution is 6.05. The van der Waals surface area contributed by atoms with Gasteiger partial charge >= 0.3 is 6.03 Å². The molecular formula is C26H25N5O4. The Hall–Kier alpha value is -4.66. The van der Waals surface area contributed by atoms with Crippen LogP contribution in [-0.4, -0.2) is 36.1 Å². The number of methoxy groups -OCH3 is 2. The van der Waals surface area contributed by atoms with Gasteiger partial charge in [-0.05, 0) is 61.0 Å². The van der Waals surface area contributed by atoms with Gasteiger partial charge in [0.1, 0.15) is 17.0 Å². The number of anilines is 2. The number of carbonyl (C=O) groups is 2. The lowest BCUT2D eigenvalue weighted by molar-refractivity contribution is 0.0948. The first-order valence-electron chi connectivity index (χ1n) is 10.9. The third kappa shape index (κ3) is 5.64. The van der Waals surface area contributed by atoms with Crippen LogP contribution in [0.2, 0.25) is 0 Å². The highest BCUT2D eigenvalue weighted by atomic mass is 16.5. The topological polar surface area (TPSA) is 114 Å². The van der Waals surface area contributed by atoms with E-state index in [1.54, 1.807) is 43.6 Å². The van der Waals surface area contributed by atoms with E-state index in [-0.39, 0.29) is 5.91 Å². The van der Waals surface area contributed by atoms with Gasteiger partial charge in [-0.25, -0.2) is 4.79 Å². The number of rotatable bonds is 7. The van der Waals surface area contributed by atoms with Gasteiger partial charge in [0, 0.05) is 24.1 Å². The lowest BCUT2D eigenvalue weighted by atomic mass is 10.1. The molecule has 0 fully saturated rings. The Bertz CT molecular complexity index is 1390. The first-order valence-corrected chi connectivity index (χ1v) is 10.9. The molecule has 4 aromatic rings. The molecule has 2 aromatic carbocycles. The molecule has 2 aromatic heterocycles. The van der Waals surface area contributed by atoms with Gasteiger partial charge in [0.25, 0.3) is 5.91 Å². The number of carbonyl (C=O) groups excluding carboxylic acids is 2. The smallest absolute Gasteiger partial charge is 0.323 e. The zero-order valence-corrected chi connectivity index (χ0v) is 19.6. The van der Waals surface area contributed by atoms with Crippen LogP contribution in [0, 0.1) is 6.92 Å². The number of nitrogens with zero attached hydrogens (tertiary/aromatic N) is 2. The van der Waals surface area contributed by atoms with Gasteiger partial charge in [0.15, 0.2) is 0 Å². The maximum absolute atomic E-state index is 12.9. The van der Waals surface area contributed by atoms with Crippen molar-refractivity contribution in [1.29, 1.82) is 0 Å². The van der Waals surface area contributed by atoms with E-state index in [1.807, 2.05) is 37.3 Å². The number of aromatic nitrogens is 2. The van der Waals surface area contributed by atoms with E-state index in [4.69, 9.17) is 9.47 Å².